The Labute approximate surface area is 199 Å². The minimum Gasteiger partial charge on any atom is -0.321 e. The monoisotopic (exact) mass is 456 g/mol. The van der Waals surface area contributed by atoms with Gasteiger partial charge in [0.05, 0.1) is 5.52 Å². The Kier molecular flexibility index (Phi) is 6.28. The molecule has 1 aliphatic heterocycles. The summed E-state index contributed by atoms with van der Waals surface area (Å²) in [5, 5.41) is 13.9. The van der Waals surface area contributed by atoms with Crippen LogP contribution in [0, 0.1) is 19.8 Å². The number of fused-ring (bicyclic) bond motifs is 1. The molecule has 7 nitrogen and oxygen atoms in total. The van der Waals surface area contributed by atoms with E-state index in [1.807, 2.05) is 28.9 Å². The number of benzene rings is 2. The summed E-state index contributed by atoms with van der Waals surface area (Å²) < 4.78 is 1.88. The van der Waals surface area contributed by atoms with Crippen molar-refractivity contribution >= 4 is 10.9 Å². The number of nitrogens with zero attached hydrogens (tertiary/aromatic N) is 5. The number of aryl methyl sites for hydroxylation is 4. The summed E-state index contributed by atoms with van der Waals surface area (Å²) in [6.07, 6.45) is 3.14. The smallest absolute Gasteiger partial charge is 0.253 e. The van der Waals surface area contributed by atoms with Crippen LogP contribution in [-0.2, 0) is 13.0 Å². The Morgan fingerprint density at radius 1 is 1.15 bits per heavy atom. The van der Waals surface area contributed by atoms with E-state index in [0.717, 1.165) is 48.2 Å². The highest BCUT2D eigenvalue weighted by molar-refractivity contribution is 5.83. The predicted octanol–water partition coefficient (Wildman–Crippen LogP) is 4.20. The number of rotatable bonds is 6. The van der Waals surface area contributed by atoms with Crippen molar-refractivity contribution in [3.8, 4) is 0 Å². The molecule has 2 aromatic carbocycles. The molecule has 4 aromatic rings. The normalized spacial score (nSPS) is 17.8. The van der Waals surface area contributed by atoms with Crippen LogP contribution < -0.4 is 5.56 Å². The lowest BCUT2D eigenvalue weighted by molar-refractivity contribution is 0.141. The fraction of sp³-hybridized carbons (Fsp3) is 0.407. The maximum absolute atomic E-state index is 13.5. The van der Waals surface area contributed by atoms with E-state index in [-0.39, 0.29) is 11.6 Å². The third-order valence-electron chi connectivity index (χ3n) is 7.19. The van der Waals surface area contributed by atoms with Gasteiger partial charge in [0, 0.05) is 18.7 Å². The number of likely N-dealkylation sites (tertiary alicyclic amines) is 1. The van der Waals surface area contributed by atoms with Gasteiger partial charge in [-0.3, -0.25) is 9.69 Å². The molecule has 0 spiro atoms. The van der Waals surface area contributed by atoms with Crippen LogP contribution in [0.25, 0.3) is 10.9 Å². The second-order valence-corrected chi connectivity index (χ2v) is 9.67. The van der Waals surface area contributed by atoms with Gasteiger partial charge < -0.3 is 4.98 Å². The molecule has 2 aromatic heterocycles. The van der Waals surface area contributed by atoms with Crippen molar-refractivity contribution in [1.29, 1.82) is 0 Å². The number of hydrogen-bond donors (Lipinski definition) is 1. The molecule has 2 unspecified atom stereocenters. The van der Waals surface area contributed by atoms with Gasteiger partial charge in [-0.1, -0.05) is 49.4 Å². The number of aromatic nitrogens is 5. The van der Waals surface area contributed by atoms with Crippen molar-refractivity contribution < 1.29 is 0 Å². The Morgan fingerprint density at radius 3 is 2.76 bits per heavy atom. The molecule has 1 N–H and O–H groups in total. The van der Waals surface area contributed by atoms with Crippen LogP contribution in [0.15, 0.2) is 53.3 Å². The van der Waals surface area contributed by atoms with Gasteiger partial charge in [0.15, 0.2) is 5.82 Å². The van der Waals surface area contributed by atoms with Crippen molar-refractivity contribution in [2.45, 2.75) is 52.6 Å². The summed E-state index contributed by atoms with van der Waals surface area (Å²) in [6.45, 7) is 8.90. The summed E-state index contributed by atoms with van der Waals surface area (Å²) in [6, 6.07) is 16.3. The van der Waals surface area contributed by atoms with Crippen LogP contribution in [0.2, 0.25) is 0 Å². The fourth-order valence-corrected chi connectivity index (χ4v) is 5.15. The van der Waals surface area contributed by atoms with Gasteiger partial charge >= 0.3 is 0 Å². The van der Waals surface area contributed by atoms with E-state index in [4.69, 9.17) is 0 Å². The molecule has 2 atom stereocenters. The third kappa shape index (κ3) is 4.40. The molecule has 1 fully saturated rings. The number of H-pyrrole nitrogens is 1. The highest BCUT2D eigenvalue weighted by atomic mass is 16.1. The summed E-state index contributed by atoms with van der Waals surface area (Å²) in [7, 11) is 0. The van der Waals surface area contributed by atoms with Crippen LogP contribution >= 0.6 is 0 Å². The first-order valence-corrected chi connectivity index (χ1v) is 12.2. The molecule has 3 heterocycles. The molecule has 34 heavy (non-hydrogen) atoms. The highest BCUT2D eigenvalue weighted by Gasteiger charge is 2.32. The van der Waals surface area contributed by atoms with Gasteiger partial charge in [-0.25, -0.2) is 4.68 Å². The third-order valence-corrected chi connectivity index (χ3v) is 7.19. The lowest BCUT2D eigenvalue weighted by Crippen LogP contribution is -2.41. The molecule has 1 aliphatic rings. The Morgan fingerprint density at radius 2 is 1.97 bits per heavy atom. The number of piperidine rings is 1. The van der Waals surface area contributed by atoms with Gasteiger partial charge in [-0.15, -0.1) is 5.10 Å². The van der Waals surface area contributed by atoms with E-state index in [2.05, 4.69) is 70.4 Å². The van der Waals surface area contributed by atoms with Crippen LogP contribution in [0.5, 0.6) is 0 Å². The van der Waals surface area contributed by atoms with Crippen molar-refractivity contribution in [3.63, 3.8) is 0 Å². The zero-order valence-corrected chi connectivity index (χ0v) is 20.2. The molecule has 1 saturated heterocycles. The first-order chi connectivity index (χ1) is 16.5. The number of aromatic amines is 1. The van der Waals surface area contributed by atoms with Crippen molar-refractivity contribution in [2.24, 2.45) is 5.92 Å². The summed E-state index contributed by atoms with van der Waals surface area (Å²) in [5.41, 5.74) is 5.06. The molecule has 0 radical (unpaired) electrons. The van der Waals surface area contributed by atoms with Crippen molar-refractivity contribution in [2.75, 3.05) is 13.1 Å². The highest BCUT2D eigenvalue weighted by Crippen LogP contribution is 2.31. The molecule has 5 rings (SSSR count). The topological polar surface area (TPSA) is 79.7 Å². The van der Waals surface area contributed by atoms with Crippen LogP contribution in [0.4, 0.5) is 0 Å². The second kappa shape index (κ2) is 9.50. The maximum Gasteiger partial charge on any atom is 0.253 e. The standard InChI is InChI=1S/C27H32N6O/c1-18-8-7-14-32(17-18)25(23-16-22-12-11-19(2)20(3)24(22)28-27(23)34)26-29-30-31-33(26)15-13-21-9-5-4-6-10-21/h4-6,9-12,16,18,25H,7-8,13-15,17H2,1-3H3,(H,28,34). The van der Waals surface area contributed by atoms with Crippen molar-refractivity contribution in [3.05, 3.63) is 87.0 Å². The zero-order chi connectivity index (χ0) is 23.7. The molecule has 0 bridgehead atoms. The molecular formula is C27H32N6O. The minimum absolute atomic E-state index is 0.0676. The van der Waals surface area contributed by atoms with E-state index in [1.54, 1.807) is 0 Å². The van der Waals surface area contributed by atoms with Crippen LogP contribution in [-0.4, -0.2) is 43.2 Å². The van der Waals surface area contributed by atoms with Gasteiger partial charge in [0.1, 0.15) is 6.04 Å². The molecular weight excluding hydrogens is 424 g/mol. The van der Waals surface area contributed by atoms with E-state index in [9.17, 15) is 4.79 Å². The Bertz CT molecular complexity index is 1340. The molecule has 0 amide bonds. The fourth-order valence-electron chi connectivity index (χ4n) is 5.15. The van der Waals surface area contributed by atoms with E-state index in [0.29, 0.717) is 18.0 Å². The average molecular weight is 457 g/mol. The van der Waals surface area contributed by atoms with Crippen LogP contribution in [0.1, 0.15) is 53.9 Å². The number of nitrogens with one attached hydrogen (secondary N) is 1. The molecule has 176 valence electrons. The summed E-state index contributed by atoms with van der Waals surface area (Å²) in [5.74, 6) is 1.30. The lowest BCUT2D eigenvalue weighted by atomic mass is 9.95. The Balaban J connectivity index is 1.58. The van der Waals surface area contributed by atoms with Gasteiger partial charge in [-0.2, -0.15) is 0 Å². The van der Waals surface area contributed by atoms with Gasteiger partial charge in [0.25, 0.3) is 5.56 Å². The number of pyridine rings is 1. The largest absolute Gasteiger partial charge is 0.321 e. The first kappa shape index (κ1) is 22.5. The van der Waals surface area contributed by atoms with Crippen molar-refractivity contribution in [1.82, 2.24) is 30.1 Å². The number of tetrazole rings is 1. The van der Waals surface area contributed by atoms with E-state index in [1.165, 1.54) is 17.5 Å². The SMILES string of the molecule is Cc1ccc2cc(C(c3nnnn3CCc3ccccc3)N3CCCC(C)C3)c(=O)[nH]c2c1C. The average Bonchev–Trinajstić information content (AvgIpc) is 3.30. The quantitative estimate of drug-likeness (QED) is 0.470. The van der Waals surface area contributed by atoms with Crippen LogP contribution in [0.3, 0.4) is 0 Å². The second-order valence-electron chi connectivity index (χ2n) is 9.67. The first-order valence-electron chi connectivity index (χ1n) is 12.2. The molecule has 0 saturated carbocycles. The Hall–Kier alpha value is -3.32. The molecule has 7 heteroatoms. The summed E-state index contributed by atoms with van der Waals surface area (Å²) in [4.78, 5) is 19.1. The summed E-state index contributed by atoms with van der Waals surface area (Å²) >= 11 is 0. The lowest BCUT2D eigenvalue weighted by Gasteiger charge is -2.36. The number of hydrogen-bond acceptors (Lipinski definition) is 5. The van der Waals surface area contributed by atoms with Gasteiger partial charge in [0.2, 0.25) is 0 Å². The predicted molar refractivity (Wildman–Crippen MR) is 134 cm³/mol. The maximum atomic E-state index is 13.5. The zero-order valence-electron chi connectivity index (χ0n) is 20.2. The minimum atomic E-state index is -0.289. The van der Waals surface area contributed by atoms with E-state index >= 15 is 0 Å². The van der Waals surface area contributed by atoms with E-state index < -0.39 is 0 Å². The molecule has 0 aliphatic carbocycles. The van der Waals surface area contributed by atoms with Gasteiger partial charge in [-0.05, 0) is 84.1 Å².